The van der Waals surface area contributed by atoms with E-state index < -0.39 is 10.0 Å². The molecule has 3 N–H and O–H groups in total. The average Bonchev–Trinajstić information content (AvgIpc) is 2.69. The van der Waals surface area contributed by atoms with Crippen LogP contribution in [0.25, 0.3) is 0 Å². The first-order valence-corrected chi connectivity index (χ1v) is 9.98. The molecule has 2 aromatic rings. The molecule has 2 aromatic carbocycles. The molecule has 0 atom stereocenters. The quantitative estimate of drug-likeness (QED) is 0.495. The van der Waals surface area contributed by atoms with Crippen LogP contribution >= 0.6 is 0 Å². The van der Waals surface area contributed by atoms with Crippen LogP contribution in [0, 0.1) is 6.92 Å². The Morgan fingerprint density at radius 3 is 2.33 bits per heavy atom. The SMILES string of the molecule is CN=C(NCc1ccc(S(=O)(=O)NC)cc1)NCc1ccc(C)cc1OC. The molecular formula is C19H26N4O3S. The number of methoxy groups -OCH3 is 1. The van der Waals surface area contributed by atoms with Crippen molar-refractivity contribution in [1.29, 1.82) is 0 Å². The summed E-state index contributed by atoms with van der Waals surface area (Å²) < 4.78 is 31.2. The van der Waals surface area contributed by atoms with Crippen molar-refractivity contribution in [3.05, 3.63) is 59.2 Å². The molecule has 2 rings (SSSR count). The molecule has 0 aliphatic carbocycles. The lowest BCUT2D eigenvalue weighted by molar-refractivity contribution is 0.408. The molecule has 0 amide bonds. The number of sulfonamides is 1. The van der Waals surface area contributed by atoms with Gasteiger partial charge < -0.3 is 15.4 Å². The van der Waals surface area contributed by atoms with Crippen LogP contribution in [0.3, 0.4) is 0 Å². The Kier molecular flexibility index (Phi) is 7.20. The Morgan fingerprint density at radius 1 is 1.07 bits per heavy atom. The molecule has 0 spiro atoms. The van der Waals surface area contributed by atoms with Crippen molar-refractivity contribution in [1.82, 2.24) is 15.4 Å². The van der Waals surface area contributed by atoms with E-state index in [9.17, 15) is 8.42 Å². The standard InChI is InChI=1S/C19H26N4O3S/c1-14-5-8-16(18(11-14)26-4)13-23-19(20-2)22-12-15-6-9-17(10-7-15)27(24,25)21-3/h5-11,21H,12-13H2,1-4H3,(H2,20,22,23). The van der Waals surface area contributed by atoms with E-state index in [0.717, 1.165) is 22.4 Å². The highest BCUT2D eigenvalue weighted by atomic mass is 32.2. The number of nitrogens with zero attached hydrogens (tertiary/aromatic N) is 1. The van der Waals surface area contributed by atoms with Crippen LogP contribution in [0.2, 0.25) is 0 Å². The fraction of sp³-hybridized carbons (Fsp3) is 0.316. The first-order valence-electron chi connectivity index (χ1n) is 8.50. The molecule has 8 heteroatoms. The molecule has 0 aromatic heterocycles. The molecule has 0 aliphatic rings. The zero-order valence-electron chi connectivity index (χ0n) is 16.0. The van der Waals surface area contributed by atoms with E-state index >= 15 is 0 Å². The molecule has 0 fully saturated rings. The summed E-state index contributed by atoms with van der Waals surface area (Å²) in [6.45, 7) is 3.11. The minimum atomic E-state index is -3.42. The number of rotatable bonds is 7. The summed E-state index contributed by atoms with van der Waals surface area (Å²) in [5.74, 6) is 1.48. The van der Waals surface area contributed by atoms with Gasteiger partial charge in [0, 0.05) is 25.7 Å². The molecule has 0 saturated carbocycles. The summed E-state index contributed by atoms with van der Waals surface area (Å²) in [6.07, 6.45) is 0. The Bertz CT molecular complexity index is 894. The number of hydrogen-bond donors (Lipinski definition) is 3. The number of aryl methyl sites for hydroxylation is 1. The van der Waals surface area contributed by atoms with E-state index in [4.69, 9.17) is 4.74 Å². The third kappa shape index (κ3) is 5.70. The highest BCUT2D eigenvalue weighted by Gasteiger charge is 2.10. The first-order chi connectivity index (χ1) is 12.9. The van der Waals surface area contributed by atoms with Gasteiger partial charge in [0.25, 0.3) is 0 Å². The van der Waals surface area contributed by atoms with E-state index in [-0.39, 0.29) is 4.90 Å². The third-order valence-electron chi connectivity index (χ3n) is 4.07. The van der Waals surface area contributed by atoms with Crippen molar-refractivity contribution >= 4 is 16.0 Å². The molecule has 0 bridgehead atoms. The fourth-order valence-electron chi connectivity index (χ4n) is 2.49. The molecule has 7 nitrogen and oxygen atoms in total. The maximum Gasteiger partial charge on any atom is 0.240 e. The number of hydrogen-bond acceptors (Lipinski definition) is 4. The van der Waals surface area contributed by atoms with Gasteiger partial charge in [-0.2, -0.15) is 0 Å². The van der Waals surface area contributed by atoms with E-state index in [0.29, 0.717) is 19.0 Å². The summed E-state index contributed by atoms with van der Waals surface area (Å²) in [7, 11) is 1.33. The predicted molar refractivity (Wildman–Crippen MR) is 107 cm³/mol. The monoisotopic (exact) mass is 390 g/mol. The fourth-order valence-corrected chi connectivity index (χ4v) is 3.22. The summed E-state index contributed by atoms with van der Waals surface area (Å²) in [5, 5.41) is 6.46. The van der Waals surface area contributed by atoms with Crippen LogP contribution in [-0.2, 0) is 23.1 Å². The largest absolute Gasteiger partial charge is 0.496 e. The maximum atomic E-state index is 11.8. The van der Waals surface area contributed by atoms with Crippen molar-refractivity contribution in [2.75, 3.05) is 21.2 Å². The molecular weight excluding hydrogens is 364 g/mol. The number of aliphatic imine (C=N–C) groups is 1. The minimum Gasteiger partial charge on any atom is -0.496 e. The smallest absolute Gasteiger partial charge is 0.240 e. The molecule has 0 radical (unpaired) electrons. The van der Waals surface area contributed by atoms with Crippen molar-refractivity contribution in [2.45, 2.75) is 24.9 Å². The second kappa shape index (κ2) is 9.38. The van der Waals surface area contributed by atoms with Crippen molar-refractivity contribution < 1.29 is 13.2 Å². The number of guanidine groups is 1. The minimum absolute atomic E-state index is 0.239. The van der Waals surface area contributed by atoms with Crippen LogP contribution in [-0.4, -0.2) is 35.6 Å². The molecule has 0 unspecified atom stereocenters. The second-order valence-electron chi connectivity index (χ2n) is 5.95. The van der Waals surface area contributed by atoms with Crippen LogP contribution in [0.1, 0.15) is 16.7 Å². The van der Waals surface area contributed by atoms with Crippen LogP contribution in [0.5, 0.6) is 5.75 Å². The van der Waals surface area contributed by atoms with Gasteiger partial charge in [0.2, 0.25) is 10.0 Å². The van der Waals surface area contributed by atoms with Gasteiger partial charge in [-0.1, -0.05) is 24.3 Å². The molecule has 0 heterocycles. The number of ether oxygens (including phenoxy) is 1. The van der Waals surface area contributed by atoms with Crippen molar-refractivity contribution in [2.24, 2.45) is 4.99 Å². The highest BCUT2D eigenvalue weighted by Crippen LogP contribution is 2.19. The van der Waals surface area contributed by atoms with Crippen LogP contribution in [0.15, 0.2) is 52.4 Å². The predicted octanol–water partition coefficient (Wildman–Crippen LogP) is 1.78. The third-order valence-corrected chi connectivity index (χ3v) is 5.51. The van der Waals surface area contributed by atoms with Gasteiger partial charge in [0.15, 0.2) is 5.96 Å². The molecule has 27 heavy (non-hydrogen) atoms. The van der Waals surface area contributed by atoms with Crippen LogP contribution in [0.4, 0.5) is 0 Å². The van der Waals surface area contributed by atoms with Gasteiger partial charge in [-0.25, -0.2) is 13.1 Å². The van der Waals surface area contributed by atoms with Crippen molar-refractivity contribution in [3.8, 4) is 5.75 Å². The van der Waals surface area contributed by atoms with E-state index in [2.05, 4.69) is 20.3 Å². The van der Waals surface area contributed by atoms with Gasteiger partial charge in [-0.05, 0) is 43.3 Å². The number of benzene rings is 2. The summed E-state index contributed by atoms with van der Waals surface area (Å²) in [5.41, 5.74) is 3.12. The van der Waals surface area contributed by atoms with Gasteiger partial charge in [-0.15, -0.1) is 0 Å². The summed E-state index contributed by atoms with van der Waals surface area (Å²) >= 11 is 0. The zero-order chi connectivity index (χ0) is 19.9. The Hall–Kier alpha value is -2.58. The van der Waals surface area contributed by atoms with Gasteiger partial charge in [0.1, 0.15) is 5.75 Å². The van der Waals surface area contributed by atoms with Gasteiger partial charge >= 0.3 is 0 Å². The lowest BCUT2D eigenvalue weighted by Crippen LogP contribution is -2.36. The van der Waals surface area contributed by atoms with E-state index in [1.165, 1.54) is 7.05 Å². The lowest BCUT2D eigenvalue weighted by atomic mass is 10.1. The second-order valence-corrected chi connectivity index (χ2v) is 7.83. The number of nitrogens with one attached hydrogen (secondary N) is 3. The Labute approximate surface area is 160 Å². The maximum absolute atomic E-state index is 11.8. The van der Waals surface area contributed by atoms with E-state index in [1.54, 1.807) is 38.4 Å². The van der Waals surface area contributed by atoms with Crippen molar-refractivity contribution in [3.63, 3.8) is 0 Å². The highest BCUT2D eigenvalue weighted by molar-refractivity contribution is 7.89. The topological polar surface area (TPSA) is 91.8 Å². The first kappa shape index (κ1) is 20.7. The lowest BCUT2D eigenvalue weighted by Gasteiger charge is -2.14. The van der Waals surface area contributed by atoms with Gasteiger partial charge in [-0.3, -0.25) is 4.99 Å². The molecule has 0 saturated heterocycles. The molecule has 146 valence electrons. The zero-order valence-corrected chi connectivity index (χ0v) is 16.9. The van der Waals surface area contributed by atoms with Crippen LogP contribution < -0.4 is 20.1 Å². The Morgan fingerprint density at radius 2 is 1.74 bits per heavy atom. The Balaban J connectivity index is 1.94. The normalized spacial score (nSPS) is 11.9. The summed E-state index contributed by atoms with van der Waals surface area (Å²) in [6, 6.07) is 12.8. The molecule has 0 aliphatic heterocycles. The summed E-state index contributed by atoms with van der Waals surface area (Å²) in [4.78, 5) is 4.45. The average molecular weight is 391 g/mol. The van der Waals surface area contributed by atoms with E-state index in [1.807, 2.05) is 25.1 Å². The van der Waals surface area contributed by atoms with Gasteiger partial charge in [0.05, 0.1) is 12.0 Å².